The lowest BCUT2D eigenvalue weighted by atomic mass is 9.98. The van der Waals surface area contributed by atoms with Crippen LogP contribution in [0.15, 0.2) is 72.8 Å². The Morgan fingerprint density at radius 3 is 2.18 bits per heavy atom. The number of methoxy groups -OCH3 is 1. The number of amides is 1. The van der Waals surface area contributed by atoms with Gasteiger partial charge in [-0.25, -0.2) is 0 Å². The fraction of sp³-hybridized carbons (Fsp3) is 0.200. The standard InChI is InChI=1S/C25H23F2NO5/c1-16(29)19-10-13-21(22(14-19)31-2)32-15-23(30)28-24(17-6-4-3-5-7-17)18-8-11-20(12-9-18)33-25(26)27/h3-14,24-25H,15H2,1-2H3,(H,28,30). The van der Waals surface area contributed by atoms with E-state index < -0.39 is 18.6 Å². The molecule has 0 saturated carbocycles. The highest BCUT2D eigenvalue weighted by Crippen LogP contribution is 2.29. The smallest absolute Gasteiger partial charge is 0.387 e. The van der Waals surface area contributed by atoms with Crippen LogP contribution >= 0.6 is 0 Å². The van der Waals surface area contributed by atoms with Crippen LogP contribution in [0.3, 0.4) is 0 Å². The second kappa shape index (κ2) is 11.1. The van der Waals surface area contributed by atoms with Crippen molar-refractivity contribution in [2.75, 3.05) is 13.7 Å². The Bertz CT molecular complexity index is 1090. The molecule has 1 amide bonds. The normalized spacial score (nSPS) is 11.5. The van der Waals surface area contributed by atoms with E-state index >= 15 is 0 Å². The average molecular weight is 455 g/mol. The van der Waals surface area contributed by atoms with Crippen molar-refractivity contribution in [3.05, 3.63) is 89.5 Å². The molecular formula is C25H23F2NO5. The number of Topliss-reactive ketones (excluding diaryl/α,β-unsaturated/α-hetero) is 1. The molecule has 0 bridgehead atoms. The van der Waals surface area contributed by atoms with Crippen molar-refractivity contribution in [2.45, 2.75) is 19.6 Å². The molecule has 0 spiro atoms. The Morgan fingerprint density at radius 2 is 1.58 bits per heavy atom. The predicted molar refractivity (Wildman–Crippen MR) is 118 cm³/mol. The van der Waals surface area contributed by atoms with Gasteiger partial charge in [0.25, 0.3) is 5.91 Å². The van der Waals surface area contributed by atoms with E-state index in [0.29, 0.717) is 22.6 Å². The molecule has 1 unspecified atom stereocenters. The zero-order valence-corrected chi connectivity index (χ0v) is 18.1. The number of hydrogen-bond donors (Lipinski definition) is 1. The van der Waals surface area contributed by atoms with Crippen molar-refractivity contribution in [1.29, 1.82) is 0 Å². The fourth-order valence-electron chi connectivity index (χ4n) is 3.20. The van der Waals surface area contributed by atoms with E-state index in [0.717, 1.165) is 5.56 Å². The number of nitrogens with one attached hydrogen (secondary N) is 1. The quantitative estimate of drug-likeness (QED) is 0.445. The maximum absolute atomic E-state index is 12.7. The van der Waals surface area contributed by atoms with Gasteiger partial charge < -0.3 is 19.5 Å². The predicted octanol–water partition coefficient (Wildman–Crippen LogP) is 4.78. The van der Waals surface area contributed by atoms with Gasteiger partial charge in [-0.3, -0.25) is 9.59 Å². The summed E-state index contributed by atoms with van der Waals surface area (Å²) in [4.78, 5) is 24.3. The monoisotopic (exact) mass is 455 g/mol. The second-order valence-electron chi connectivity index (χ2n) is 7.07. The van der Waals surface area contributed by atoms with Crippen LogP contribution in [0.5, 0.6) is 17.2 Å². The first-order valence-electron chi connectivity index (χ1n) is 10.1. The molecule has 0 aromatic heterocycles. The highest BCUT2D eigenvalue weighted by Gasteiger charge is 2.18. The van der Waals surface area contributed by atoms with Crippen LogP contribution in [0.25, 0.3) is 0 Å². The first-order chi connectivity index (χ1) is 15.9. The third-order valence-electron chi connectivity index (χ3n) is 4.81. The van der Waals surface area contributed by atoms with Gasteiger partial charge in [-0.2, -0.15) is 8.78 Å². The summed E-state index contributed by atoms with van der Waals surface area (Å²) in [6.07, 6.45) is 0. The van der Waals surface area contributed by atoms with E-state index in [-0.39, 0.29) is 18.1 Å². The number of ether oxygens (including phenoxy) is 3. The number of benzene rings is 3. The number of carbonyl (C=O) groups excluding carboxylic acids is 2. The van der Waals surface area contributed by atoms with E-state index in [4.69, 9.17) is 9.47 Å². The van der Waals surface area contributed by atoms with Gasteiger partial charge in [0.05, 0.1) is 13.2 Å². The van der Waals surface area contributed by atoms with Crippen molar-refractivity contribution in [2.24, 2.45) is 0 Å². The van der Waals surface area contributed by atoms with Gasteiger partial charge in [0.1, 0.15) is 5.75 Å². The molecule has 3 aromatic carbocycles. The molecule has 172 valence electrons. The van der Waals surface area contributed by atoms with Gasteiger partial charge in [-0.1, -0.05) is 42.5 Å². The minimum Gasteiger partial charge on any atom is -0.493 e. The van der Waals surface area contributed by atoms with Crippen molar-refractivity contribution < 1.29 is 32.6 Å². The Kier molecular flexibility index (Phi) is 7.96. The molecule has 33 heavy (non-hydrogen) atoms. The first kappa shape index (κ1) is 23.7. The van der Waals surface area contributed by atoms with Crippen molar-refractivity contribution in [3.8, 4) is 17.2 Å². The molecular weight excluding hydrogens is 432 g/mol. The van der Waals surface area contributed by atoms with E-state index in [1.807, 2.05) is 30.3 Å². The van der Waals surface area contributed by atoms with Crippen LogP contribution in [0.2, 0.25) is 0 Å². The molecule has 8 heteroatoms. The largest absolute Gasteiger partial charge is 0.493 e. The number of carbonyl (C=O) groups is 2. The molecule has 0 radical (unpaired) electrons. The van der Waals surface area contributed by atoms with Crippen molar-refractivity contribution in [1.82, 2.24) is 5.32 Å². The van der Waals surface area contributed by atoms with Gasteiger partial charge in [0.15, 0.2) is 23.9 Å². The maximum atomic E-state index is 12.7. The third kappa shape index (κ3) is 6.52. The van der Waals surface area contributed by atoms with E-state index in [1.165, 1.54) is 26.2 Å². The molecule has 0 heterocycles. The molecule has 6 nitrogen and oxygen atoms in total. The Labute approximate surface area is 190 Å². The Balaban J connectivity index is 1.74. The van der Waals surface area contributed by atoms with E-state index in [9.17, 15) is 18.4 Å². The molecule has 0 aliphatic rings. The van der Waals surface area contributed by atoms with Gasteiger partial charge in [0.2, 0.25) is 0 Å². The Morgan fingerprint density at radius 1 is 0.909 bits per heavy atom. The van der Waals surface area contributed by atoms with Crippen LogP contribution in [0.4, 0.5) is 8.78 Å². The minimum absolute atomic E-state index is 0.0244. The minimum atomic E-state index is -2.92. The SMILES string of the molecule is COc1cc(C(C)=O)ccc1OCC(=O)NC(c1ccccc1)c1ccc(OC(F)F)cc1. The van der Waals surface area contributed by atoms with Gasteiger partial charge >= 0.3 is 6.61 Å². The van der Waals surface area contributed by atoms with Crippen LogP contribution in [-0.4, -0.2) is 32.0 Å². The number of rotatable bonds is 10. The lowest BCUT2D eigenvalue weighted by Gasteiger charge is -2.20. The summed E-state index contributed by atoms with van der Waals surface area (Å²) in [5, 5.41) is 2.90. The van der Waals surface area contributed by atoms with Crippen molar-refractivity contribution >= 4 is 11.7 Å². The van der Waals surface area contributed by atoms with E-state index in [2.05, 4.69) is 10.1 Å². The summed E-state index contributed by atoms with van der Waals surface area (Å²) in [6, 6.07) is 19.4. The molecule has 3 rings (SSSR count). The molecule has 0 aliphatic carbocycles. The zero-order chi connectivity index (χ0) is 23.8. The Hall–Kier alpha value is -3.94. The summed E-state index contributed by atoms with van der Waals surface area (Å²) in [7, 11) is 1.44. The summed E-state index contributed by atoms with van der Waals surface area (Å²) in [5.41, 5.74) is 1.95. The van der Waals surface area contributed by atoms with Crippen LogP contribution in [0, 0.1) is 0 Å². The summed E-state index contributed by atoms with van der Waals surface area (Å²) in [5.74, 6) is 0.159. The summed E-state index contributed by atoms with van der Waals surface area (Å²) >= 11 is 0. The third-order valence-corrected chi connectivity index (χ3v) is 4.81. The van der Waals surface area contributed by atoms with Gasteiger partial charge in [-0.15, -0.1) is 0 Å². The molecule has 3 aromatic rings. The van der Waals surface area contributed by atoms with E-state index in [1.54, 1.807) is 30.3 Å². The maximum Gasteiger partial charge on any atom is 0.387 e. The average Bonchev–Trinajstić information content (AvgIpc) is 2.81. The van der Waals surface area contributed by atoms with Crippen LogP contribution < -0.4 is 19.5 Å². The van der Waals surface area contributed by atoms with Crippen LogP contribution in [0.1, 0.15) is 34.5 Å². The summed E-state index contributed by atoms with van der Waals surface area (Å²) in [6.45, 7) is -1.77. The van der Waals surface area contributed by atoms with Crippen LogP contribution in [-0.2, 0) is 4.79 Å². The second-order valence-corrected chi connectivity index (χ2v) is 7.07. The highest BCUT2D eigenvalue weighted by atomic mass is 19.3. The molecule has 0 fully saturated rings. The summed E-state index contributed by atoms with van der Waals surface area (Å²) < 4.78 is 40.1. The highest BCUT2D eigenvalue weighted by molar-refractivity contribution is 5.94. The number of halogens is 2. The zero-order valence-electron chi connectivity index (χ0n) is 18.1. The van der Waals surface area contributed by atoms with Crippen molar-refractivity contribution in [3.63, 3.8) is 0 Å². The van der Waals surface area contributed by atoms with Gasteiger partial charge in [-0.05, 0) is 48.4 Å². The molecule has 1 atom stereocenters. The first-order valence-corrected chi connectivity index (χ1v) is 10.1. The lowest BCUT2D eigenvalue weighted by Crippen LogP contribution is -2.33. The molecule has 1 N–H and O–H groups in total. The number of ketones is 1. The number of hydrogen-bond acceptors (Lipinski definition) is 5. The molecule has 0 saturated heterocycles. The fourth-order valence-corrected chi connectivity index (χ4v) is 3.20. The lowest BCUT2D eigenvalue weighted by molar-refractivity contribution is -0.123. The van der Waals surface area contributed by atoms with Gasteiger partial charge in [0, 0.05) is 5.56 Å². The molecule has 0 aliphatic heterocycles. The number of alkyl halides is 2. The topological polar surface area (TPSA) is 73.9 Å².